The summed E-state index contributed by atoms with van der Waals surface area (Å²) in [5.41, 5.74) is 2.87. The second kappa shape index (κ2) is 7.17. The van der Waals surface area contributed by atoms with Crippen LogP contribution in [-0.4, -0.2) is 23.2 Å². The zero-order valence-electron chi connectivity index (χ0n) is 14.3. The van der Waals surface area contributed by atoms with Gasteiger partial charge in [-0.1, -0.05) is 35.0 Å². The van der Waals surface area contributed by atoms with E-state index < -0.39 is 0 Å². The van der Waals surface area contributed by atoms with Gasteiger partial charge in [0, 0.05) is 5.56 Å². The van der Waals surface area contributed by atoms with E-state index in [2.05, 4.69) is 15.5 Å². The fourth-order valence-corrected chi connectivity index (χ4v) is 2.37. The number of amides is 1. The van der Waals surface area contributed by atoms with Crippen molar-refractivity contribution < 1.29 is 14.1 Å². The van der Waals surface area contributed by atoms with Gasteiger partial charge >= 0.3 is 0 Å². The molecule has 6 heteroatoms. The number of rotatable bonds is 5. The lowest BCUT2D eigenvalue weighted by molar-refractivity contribution is 0.0926. The van der Waals surface area contributed by atoms with E-state index in [1.807, 2.05) is 62.4 Å². The van der Waals surface area contributed by atoms with Crippen molar-refractivity contribution >= 4 is 5.91 Å². The summed E-state index contributed by atoms with van der Waals surface area (Å²) in [5, 5.41) is 6.63. The number of carbonyl (C=O) groups is 1. The van der Waals surface area contributed by atoms with Crippen molar-refractivity contribution in [2.24, 2.45) is 0 Å². The first-order chi connectivity index (χ1) is 12.1. The summed E-state index contributed by atoms with van der Waals surface area (Å²) < 4.78 is 10.3. The number of ether oxygens (including phenoxy) is 1. The summed E-state index contributed by atoms with van der Waals surface area (Å²) in [4.78, 5) is 16.5. The van der Waals surface area contributed by atoms with Crippen LogP contribution in [0.1, 0.15) is 34.7 Å². The average Bonchev–Trinajstić information content (AvgIpc) is 3.12. The minimum atomic E-state index is -0.384. The third-order valence-electron chi connectivity index (χ3n) is 3.89. The van der Waals surface area contributed by atoms with E-state index in [9.17, 15) is 4.79 Å². The Morgan fingerprint density at radius 2 is 1.80 bits per heavy atom. The van der Waals surface area contributed by atoms with E-state index in [0.29, 0.717) is 5.89 Å². The lowest BCUT2D eigenvalue weighted by atomic mass is 10.1. The molecule has 0 saturated carbocycles. The highest BCUT2D eigenvalue weighted by Crippen LogP contribution is 2.19. The second-order valence-electron chi connectivity index (χ2n) is 5.76. The van der Waals surface area contributed by atoms with Gasteiger partial charge in [-0.2, -0.15) is 4.98 Å². The number of aryl methyl sites for hydroxylation is 1. The topological polar surface area (TPSA) is 77.2 Å². The molecule has 1 unspecified atom stereocenters. The van der Waals surface area contributed by atoms with E-state index in [1.165, 1.54) is 0 Å². The van der Waals surface area contributed by atoms with Gasteiger partial charge in [0.05, 0.1) is 13.2 Å². The van der Waals surface area contributed by atoms with Crippen LogP contribution in [0.4, 0.5) is 0 Å². The van der Waals surface area contributed by atoms with Crippen LogP contribution in [0.5, 0.6) is 5.75 Å². The Bertz CT molecular complexity index is 854. The molecule has 128 valence electrons. The van der Waals surface area contributed by atoms with Crippen LogP contribution in [0.25, 0.3) is 11.5 Å². The molecule has 0 aliphatic carbocycles. The molecule has 3 aromatic rings. The van der Waals surface area contributed by atoms with Crippen molar-refractivity contribution in [2.45, 2.75) is 19.9 Å². The molecule has 0 spiro atoms. The van der Waals surface area contributed by atoms with Gasteiger partial charge in [0.1, 0.15) is 5.75 Å². The van der Waals surface area contributed by atoms with Gasteiger partial charge in [-0.05, 0) is 43.7 Å². The van der Waals surface area contributed by atoms with Crippen molar-refractivity contribution in [3.05, 3.63) is 65.5 Å². The molecule has 6 nitrogen and oxygen atoms in total. The number of hydrogen-bond acceptors (Lipinski definition) is 5. The van der Waals surface area contributed by atoms with Gasteiger partial charge in [0.2, 0.25) is 0 Å². The molecule has 3 rings (SSSR count). The van der Waals surface area contributed by atoms with E-state index in [-0.39, 0.29) is 17.8 Å². The summed E-state index contributed by atoms with van der Waals surface area (Å²) >= 11 is 0. The van der Waals surface area contributed by atoms with Crippen LogP contribution in [-0.2, 0) is 0 Å². The monoisotopic (exact) mass is 337 g/mol. The summed E-state index contributed by atoms with van der Waals surface area (Å²) in [6.45, 7) is 3.89. The smallest absolute Gasteiger partial charge is 0.293 e. The van der Waals surface area contributed by atoms with Gasteiger partial charge in [-0.15, -0.1) is 0 Å². The molecule has 0 bridgehead atoms. The molecule has 2 aromatic carbocycles. The Morgan fingerprint density at radius 3 is 2.44 bits per heavy atom. The molecular weight excluding hydrogens is 318 g/mol. The summed E-state index contributed by atoms with van der Waals surface area (Å²) in [6, 6.07) is 15.0. The Morgan fingerprint density at radius 1 is 1.12 bits per heavy atom. The van der Waals surface area contributed by atoms with E-state index in [1.54, 1.807) is 7.11 Å². The van der Waals surface area contributed by atoms with Crippen molar-refractivity contribution in [1.82, 2.24) is 15.5 Å². The standard InChI is InChI=1S/C19H19N3O3/c1-12-4-6-15(7-5-12)19-21-17(22-25-19)18(23)20-13(2)14-8-10-16(24-3)11-9-14/h4-11,13H,1-3H3,(H,20,23). The molecule has 0 aliphatic rings. The normalized spacial score (nSPS) is 11.8. The highest BCUT2D eigenvalue weighted by atomic mass is 16.5. The van der Waals surface area contributed by atoms with Crippen LogP contribution >= 0.6 is 0 Å². The van der Waals surface area contributed by atoms with E-state index in [4.69, 9.17) is 9.26 Å². The zero-order valence-corrected chi connectivity index (χ0v) is 14.3. The van der Waals surface area contributed by atoms with Crippen LogP contribution in [0, 0.1) is 6.92 Å². The number of hydrogen-bond donors (Lipinski definition) is 1. The zero-order chi connectivity index (χ0) is 17.8. The second-order valence-corrected chi connectivity index (χ2v) is 5.76. The SMILES string of the molecule is COc1ccc(C(C)NC(=O)c2noc(-c3ccc(C)cc3)n2)cc1. The number of benzene rings is 2. The highest BCUT2D eigenvalue weighted by molar-refractivity contribution is 5.90. The molecule has 1 N–H and O–H groups in total. The molecule has 1 amide bonds. The minimum Gasteiger partial charge on any atom is -0.497 e. The maximum absolute atomic E-state index is 12.3. The number of methoxy groups -OCH3 is 1. The first kappa shape index (κ1) is 16.7. The van der Waals surface area contributed by atoms with E-state index in [0.717, 1.165) is 22.4 Å². The average molecular weight is 337 g/mol. The molecule has 1 aromatic heterocycles. The molecule has 25 heavy (non-hydrogen) atoms. The predicted molar refractivity (Wildman–Crippen MR) is 93.3 cm³/mol. The van der Waals surface area contributed by atoms with Gasteiger partial charge in [-0.3, -0.25) is 4.79 Å². The third kappa shape index (κ3) is 3.85. The molecular formula is C19H19N3O3. The Labute approximate surface area is 145 Å². The van der Waals surface area contributed by atoms with Gasteiger partial charge in [0.25, 0.3) is 17.6 Å². The number of nitrogens with one attached hydrogen (secondary N) is 1. The lowest BCUT2D eigenvalue weighted by Gasteiger charge is -2.13. The highest BCUT2D eigenvalue weighted by Gasteiger charge is 2.18. The molecule has 0 saturated heterocycles. The number of aromatic nitrogens is 2. The molecule has 0 fully saturated rings. The quantitative estimate of drug-likeness (QED) is 0.770. The fourth-order valence-electron chi connectivity index (χ4n) is 2.37. The van der Waals surface area contributed by atoms with Crippen LogP contribution in [0.3, 0.4) is 0 Å². The third-order valence-corrected chi connectivity index (χ3v) is 3.89. The van der Waals surface area contributed by atoms with Crippen LogP contribution < -0.4 is 10.1 Å². The molecule has 0 aliphatic heterocycles. The van der Waals surface area contributed by atoms with Gasteiger partial charge < -0.3 is 14.6 Å². The van der Waals surface area contributed by atoms with Gasteiger partial charge in [-0.25, -0.2) is 0 Å². The largest absolute Gasteiger partial charge is 0.497 e. The van der Waals surface area contributed by atoms with Crippen LogP contribution in [0.15, 0.2) is 53.1 Å². The maximum Gasteiger partial charge on any atom is 0.293 e. The molecule has 1 atom stereocenters. The lowest BCUT2D eigenvalue weighted by Crippen LogP contribution is -2.27. The molecule has 0 radical (unpaired) electrons. The Balaban J connectivity index is 1.69. The Kier molecular flexibility index (Phi) is 4.79. The fraction of sp³-hybridized carbons (Fsp3) is 0.211. The van der Waals surface area contributed by atoms with Crippen molar-refractivity contribution in [3.8, 4) is 17.2 Å². The summed E-state index contributed by atoms with van der Waals surface area (Å²) in [6.07, 6.45) is 0. The number of carbonyl (C=O) groups excluding carboxylic acids is 1. The first-order valence-corrected chi connectivity index (χ1v) is 7.92. The summed E-state index contributed by atoms with van der Waals surface area (Å²) in [7, 11) is 1.61. The number of nitrogens with zero attached hydrogens (tertiary/aromatic N) is 2. The molecule has 1 heterocycles. The van der Waals surface area contributed by atoms with Crippen LogP contribution in [0.2, 0.25) is 0 Å². The van der Waals surface area contributed by atoms with E-state index >= 15 is 0 Å². The Hall–Kier alpha value is -3.15. The summed E-state index contributed by atoms with van der Waals surface area (Å²) in [5.74, 6) is 0.715. The van der Waals surface area contributed by atoms with Gasteiger partial charge in [0.15, 0.2) is 0 Å². The van der Waals surface area contributed by atoms with Crippen molar-refractivity contribution in [2.75, 3.05) is 7.11 Å². The predicted octanol–water partition coefficient (Wildman–Crippen LogP) is 3.54. The maximum atomic E-state index is 12.3. The van der Waals surface area contributed by atoms with Crippen molar-refractivity contribution in [3.63, 3.8) is 0 Å². The first-order valence-electron chi connectivity index (χ1n) is 7.92. The minimum absolute atomic E-state index is 0.0101. The van der Waals surface area contributed by atoms with Crippen molar-refractivity contribution in [1.29, 1.82) is 0 Å².